The van der Waals surface area contributed by atoms with Gasteiger partial charge in [0.15, 0.2) is 0 Å². The fraction of sp³-hybridized carbons (Fsp3) is 0.0164. The Morgan fingerprint density at radius 3 is 1.76 bits per heavy atom. The smallest absolute Gasteiger partial charge is 0.145 e. The van der Waals surface area contributed by atoms with Gasteiger partial charge in [-0.3, -0.25) is 0 Å². The number of hydrogen-bond acceptors (Lipinski definition) is 2. The van der Waals surface area contributed by atoms with Crippen LogP contribution in [0.3, 0.4) is 0 Å². The van der Waals surface area contributed by atoms with Gasteiger partial charge >= 0.3 is 0 Å². The molecular formula is C61H39NO. The van der Waals surface area contributed by atoms with E-state index in [-0.39, 0.29) is 0 Å². The molecule has 1 aliphatic carbocycles. The van der Waals surface area contributed by atoms with Gasteiger partial charge in [-0.1, -0.05) is 188 Å². The Balaban J connectivity index is 1.08. The van der Waals surface area contributed by atoms with Gasteiger partial charge in [-0.2, -0.15) is 0 Å². The largest absolute Gasteiger partial charge is 0.455 e. The molecule has 12 aromatic rings. The molecule has 13 rings (SSSR count). The zero-order valence-electron chi connectivity index (χ0n) is 34.4. The molecule has 0 radical (unpaired) electrons. The van der Waals surface area contributed by atoms with Gasteiger partial charge in [-0.15, -0.1) is 0 Å². The summed E-state index contributed by atoms with van der Waals surface area (Å²) >= 11 is 0. The normalized spacial score (nSPS) is 12.9. The van der Waals surface area contributed by atoms with Gasteiger partial charge in [0.2, 0.25) is 0 Å². The molecule has 0 unspecified atom stereocenters. The molecular weight excluding hydrogens is 763 g/mol. The fourth-order valence-corrected chi connectivity index (χ4v) is 10.8. The average molecular weight is 802 g/mol. The van der Waals surface area contributed by atoms with Crippen molar-refractivity contribution in [2.24, 2.45) is 0 Å². The van der Waals surface area contributed by atoms with Gasteiger partial charge in [0.05, 0.1) is 11.1 Å². The number of fused-ring (bicyclic) bond motifs is 11. The SMILES string of the molecule is c1ccc(C2(c3ccccc3)c3ccccc3-c3ccc(N(c4ccc(-c5cc6ccccc6c6ccccc56)cc4)c4cccc5ccc6c7ccccc7oc6c45)cc32)cc1. The molecule has 1 aliphatic rings. The van der Waals surface area contributed by atoms with E-state index in [9.17, 15) is 0 Å². The Bertz CT molecular complexity index is 3690. The Kier molecular flexibility index (Phi) is 7.85. The van der Waals surface area contributed by atoms with Gasteiger partial charge < -0.3 is 9.32 Å². The number of hydrogen-bond donors (Lipinski definition) is 0. The molecule has 1 aromatic heterocycles. The summed E-state index contributed by atoms with van der Waals surface area (Å²) in [5.74, 6) is 0. The van der Waals surface area contributed by atoms with Crippen molar-refractivity contribution >= 4 is 71.3 Å². The lowest BCUT2D eigenvalue weighted by Crippen LogP contribution is -2.28. The number of furan rings is 1. The number of rotatable bonds is 6. The van der Waals surface area contributed by atoms with E-state index in [0.29, 0.717) is 0 Å². The quantitative estimate of drug-likeness (QED) is 0.156. The number of para-hydroxylation sites is 1. The fourth-order valence-electron chi connectivity index (χ4n) is 10.8. The highest BCUT2D eigenvalue weighted by Gasteiger charge is 2.46. The highest BCUT2D eigenvalue weighted by atomic mass is 16.3. The standard InChI is InChI=1S/C61H39NO/c1-3-18-43(19-4-1)61(44-20-5-2-6-21-44)55-27-13-11-25-50(55)51-37-35-46(39-56(51)61)62(57-28-15-17-41-32-36-53-52-26-12-14-29-58(52)63-60(53)59(41)57)45-33-30-40(31-34-45)54-38-42-16-7-8-22-47(42)48-23-9-10-24-49(48)54/h1-39H. The van der Waals surface area contributed by atoms with Gasteiger partial charge in [0.25, 0.3) is 0 Å². The monoisotopic (exact) mass is 801 g/mol. The van der Waals surface area contributed by atoms with Crippen LogP contribution >= 0.6 is 0 Å². The molecule has 0 N–H and O–H groups in total. The van der Waals surface area contributed by atoms with Crippen LogP contribution in [0.2, 0.25) is 0 Å². The molecule has 0 fully saturated rings. The predicted molar refractivity (Wildman–Crippen MR) is 264 cm³/mol. The Labute approximate surface area is 365 Å². The van der Waals surface area contributed by atoms with Crippen molar-refractivity contribution in [3.63, 3.8) is 0 Å². The van der Waals surface area contributed by atoms with Crippen LogP contribution in [0.5, 0.6) is 0 Å². The number of nitrogens with zero attached hydrogens (tertiary/aromatic N) is 1. The van der Waals surface area contributed by atoms with Crippen LogP contribution in [-0.2, 0) is 5.41 Å². The van der Waals surface area contributed by atoms with Crippen molar-refractivity contribution in [2.75, 3.05) is 4.90 Å². The van der Waals surface area contributed by atoms with E-state index in [1.807, 2.05) is 0 Å². The molecule has 0 saturated carbocycles. The first-order valence-electron chi connectivity index (χ1n) is 21.8. The minimum absolute atomic E-state index is 0.540. The van der Waals surface area contributed by atoms with Crippen LogP contribution in [0.15, 0.2) is 241 Å². The third kappa shape index (κ3) is 5.25. The van der Waals surface area contributed by atoms with Gasteiger partial charge in [0.1, 0.15) is 11.2 Å². The second-order valence-electron chi connectivity index (χ2n) is 16.7. The van der Waals surface area contributed by atoms with Gasteiger partial charge in [-0.25, -0.2) is 0 Å². The van der Waals surface area contributed by atoms with Crippen LogP contribution in [0.25, 0.3) is 76.5 Å². The highest BCUT2D eigenvalue weighted by molar-refractivity contribution is 6.19. The van der Waals surface area contributed by atoms with Crippen molar-refractivity contribution < 1.29 is 4.42 Å². The van der Waals surface area contributed by atoms with E-state index in [4.69, 9.17) is 4.42 Å². The lowest BCUT2D eigenvalue weighted by atomic mass is 9.67. The van der Waals surface area contributed by atoms with Crippen LogP contribution in [0, 0.1) is 0 Å². The molecule has 1 heterocycles. The summed E-state index contributed by atoms with van der Waals surface area (Å²) in [5, 5.41) is 9.46. The Morgan fingerprint density at radius 2 is 0.968 bits per heavy atom. The molecule has 294 valence electrons. The first-order valence-corrected chi connectivity index (χ1v) is 21.8. The Hall–Kier alpha value is -8.20. The topological polar surface area (TPSA) is 16.4 Å². The van der Waals surface area contributed by atoms with E-state index in [0.717, 1.165) is 49.8 Å². The minimum Gasteiger partial charge on any atom is -0.455 e. The zero-order valence-corrected chi connectivity index (χ0v) is 34.4. The maximum absolute atomic E-state index is 6.82. The first kappa shape index (κ1) is 35.5. The van der Waals surface area contributed by atoms with Crippen molar-refractivity contribution in [3.05, 3.63) is 259 Å². The second kappa shape index (κ2) is 13.9. The van der Waals surface area contributed by atoms with Crippen molar-refractivity contribution in [2.45, 2.75) is 5.41 Å². The summed E-state index contributed by atoms with van der Waals surface area (Å²) in [7, 11) is 0. The van der Waals surface area contributed by atoms with Crippen LogP contribution in [0.4, 0.5) is 17.1 Å². The first-order chi connectivity index (χ1) is 31.3. The van der Waals surface area contributed by atoms with Gasteiger partial charge in [0, 0.05) is 27.5 Å². The van der Waals surface area contributed by atoms with E-state index in [1.165, 1.54) is 66.1 Å². The molecule has 11 aromatic carbocycles. The number of anilines is 3. The predicted octanol–water partition coefficient (Wildman–Crippen LogP) is 16.5. The molecule has 0 spiro atoms. The third-order valence-corrected chi connectivity index (χ3v) is 13.5. The molecule has 0 atom stereocenters. The van der Waals surface area contributed by atoms with Crippen LogP contribution in [-0.4, -0.2) is 0 Å². The average Bonchev–Trinajstić information content (AvgIpc) is 3.89. The lowest BCUT2D eigenvalue weighted by Gasteiger charge is -2.35. The van der Waals surface area contributed by atoms with E-state index >= 15 is 0 Å². The zero-order chi connectivity index (χ0) is 41.5. The molecule has 0 saturated heterocycles. The molecule has 0 amide bonds. The van der Waals surface area contributed by atoms with Crippen LogP contribution in [0.1, 0.15) is 22.3 Å². The highest BCUT2D eigenvalue weighted by Crippen LogP contribution is 2.57. The third-order valence-electron chi connectivity index (χ3n) is 13.5. The second-order valence-corrected chi connectivity index (χ2v) is 16.7. The van der Waals surface area contributed by atoms with Crippen molar-refractivity contribution in [1.29, 1.82) is 0 Å². The molecule has 2 nitrogen and oxygen atoms in total. The maximum Gasteiger partial charge on any atom is 0.145 e. The van der Waals surface area contributed by atoms with E-state index < -0.39 is 5.41 Å². The van der Waals surface area contributed by atoms with E-state index in [2.05, 4.69) is 241 Å². The van der Waals surface area contributed by atoms with Crippen molar-refractivity contribution in [3.8, 4) is 22.3 Å². The van der Waals surface area contributed by atoms with Gasteiger partial charge in [-0.05, 0) is 120 Å². The summed E-state index contributed by atoms with van der Waals surface area (Å²) in [6.45, 7) is 0. The lowest BCUT2D eigenvalue weighted by molar-refractivity contribution is 0.672. The van der Waals surface area contributed by atoms with Crippen molar-refractivity contribution in [1.82, 2.24) is 0 Å². The summed E-state index contributed by atoms with van der Waals surface area (Å²) < 4.78 is 6.82. The molecule has 2 heteroatoms. The number of benzene rings is 11. The molecule has 63 heavy (non-hydrogen) atoms. The summed E-state index contributed by atoms with van der Waals surface area (Å²) in [6, 6.07) is 86.6. The van der Waals surface area contributed by atoms with E-state index in [1.54, 1.807) is 0 Å². The summed E-state index contributed by atoms with van der Waals surface area (Å²) in [6.07, 6.45) is 0. The summed E-state index contributed by atoms with van der Waals surface area (Å²) in [4.78, 5) is 2.45. The Morgan fingerprint density at radius 1 is 0.349 bits per heavy atom. The molecule has 0 aliphatic heterocycles. The molecule has 0 bridgehead atoms. The minimum atomic E-state index is -0.540. The maximum atomic E-state index is 6.82. The summed E-state index contributed by atoms with van der Waals surface area (Å²) in [5.41, 5.74) is 14.4. The van der Waals surface area contributed by atoms with Crippen LogP contribution < -0.4 is 4.90 Å².